The highest BCUT2D eigenvalue weighted by molar-refractivity contribution is 5.62. The summed E-state index contributed by atoms with van der Waals surface area (Å²) in [5, 5.41) is 0. The number of nitrogens with zero attached hydrogens (tertiary/aromatic N) is 1. The van der Waals surface area contributed by atoms with Gasteiger partial charge >= 0.3 is 0 Å². The molecule has 0 amide bonds. The molecule has 1 nitrogen and oxygen atoms in total. The van der Waals surface area contributed by atoms with Gasteiger partial charge in [-0.2, -0.15) is 0 Å². The molecule has 0 aliphatic rings. The summed E-state index contributed by atoms with van der Waals surface area (Å²) in [6.07, 6.45) is 2.93. The number of aryl methyl sites for hydroxylation is 1. The van der Waals surface area contributed by atoms with Crippen molar-refractivity contribution in [1.82, 2.24) is 4.98 Å². The topological polar surface area (TPSA) is 12.9 Å². The molecule has 0 fully saturated rings. The summed E-state index contributed by atoms with van der Waals surface area (Å²) in [5.41, 5.74) is 3.55. The second-order valence-corrected chi connectivity index (χ2v) is 3.26. The van der Waals surface area contributed by atoms with E-state index in [1.54, 1.807) is 0 Å². The number of rotatable bonds is 2. The second kappa shape index (κ2) is 4.05. The minimum Gasteiger partial charge on any atom is -0.261 e. The highest BCUT2D eigenvalue weighted by Crippen LogP contribution is 2.17. The van der Waals surface area contributed by atoms with Crippen molar-refractivity contribution in [3.63, 3.8) is 0 Å². The fourth-order valence-corrected chi connectivity index (χ4v) is 1.43. The molecule has 0 spiro atoms. The van der Waals surface area contributed by atoms with Gasteiger partial charge < -0.3 is 0 Å². The van der Waals surface area contributed by atoms with Crippen molar-refractivity contribution in [2.24, 2.45) is 0 Å². The molecule has 0 saturated heterocycles. The quantitative estimate of drug-likeness (QED) is 0.696. The Bertz CT molecular complexity index is 389. The Morgan fingerprint density at radius 1 is 0.929 bits per heavy atom. The Labute approximate surface area is 84.4 Å². The lowest BCUT2D eigenvalue weighted by Crippen LogP contribution is -1.86. The number of hydrogen-bond donors (Lipinski definition) is 0. The third-order valence-electron chi connectivity index (χ3n) is 2.29. The fraction of sp³-hybridized carbons (Fsp3) is 0.154. The number of benzene rings is 1. The van der Waals surface area contributed by atoms with Gasteiger partial charge in [-0.1, -0.05) is 43.3 Å². The third kappa shape index (κ3) is 1.82. The van der Waals surface area contributed by atoms with Crippen molar-refractivity contribution in [3.05, 3.63) is 54.4 Å². The predicted octanol–water partition coefficient (Wildman–Crippen LogP) is 3.31. The van der Waals surface area contributed by atoms with E-state index in [0.717, 1.165) is 12.1 Å². The van der Waals surface area contributed by atoms with Crippen LogP contribution in [0.15, 0.2) is 48.7 Å². The van der Waals surface area contributed by atoms with Gasteiger partial charge in [0, 0.05) is 17.5 Å². The molecule has 1 aromatic heterocycles. The van der Waals surface area contributed by atoms with Crippen LogP contribution in [0.2, 0.25) is 0 Å². The van der Waals surface area contributed by atoms with E-state index in [0.29, 0.717) is 0 Å². The van der Waals surface area contributed by atoms with Gasteiger partial charge in [-0.3, -0.25) is 4.98 Å². The van der Waals surface area contributed by atoms with Crippen LogP contribution in [0.5, 0.6) is 0 Å². The van der Waals surface area contributed by atoms with Gasteiger partial charge in [-0.15, -0.1) is 0 Å². The maximum absolute atomic E-state index is 4.37. The minimum absolute atomic E-state index is 0.995. The van der Waals surface area contributed by atoms with Crippen LogP contribution >= 0.6 is 0 Å². The number of aromatic nitrogens is 1. The van der Waals surface area contributed by atoms with Gasteiger partial charge in [-0.25, -0.2) is 0 Å². The molecule has 1 aromatic carbocycles. The summed E-state index contributed by atoms with van der Waals surface area (Å²) in [5.74, 6) is 0. The molecule has 0 bridgehead atoms. The molecule has 0 radical (unpaired) electrons. The lowest BCUT2D eigenvalue weighted by molar-refractivity contribution is 1.04. The Morgan fingerprint density at radius 3 is 2.29 bits per heavy atom. The lowest BCUT2D eigenvalue weighted by Gasteiger charge is -2.01. The van der Waals surface area contributed by atoms with Crippen molar-refractivity contribution < 1.29 is 0 Å². The van der Waals surface area contributed by atoms with E-state index in [1.165, 1.54) is 11.1 Å². The average Bonchev–Trinajstić information content (AvgIpc) is 2.30. The Balaban J connectivity index is 2.34. The highest BCUT2D eigenvalue weighted by Gasteiger charge is 1.96. The molecule has 2 rings (SSSR count). The van der Waals surface area contributed by atoms with Crippen LogP contribution in [-0.4, -0.2) is 4.98 Å². The van der Waals surface area contributed by atoms with Crippen LogP contribution in [0.4, 0.5) is 0 Å². The first-order valence-electron chi connectivity index (χ1n) is 4.90. The van der Waals surface area contributed by atoms with Gasteiger partial charge in [0.2, 0.25) is 0 Å². The molecule has 70 valence electrons. The van der Waals surface area contributed by atoms with E-state index in [4.69, 9.17) is 0 Å². The summed E-state index contributed by atoms with van der Waals surface area (Å²) < 4.78 is 0. The first-order valence-corrected chi connectivity index (χ1v) is 4.90. The van der Waals surface area contributed by atoms with Crippen LogP contribution < -0.4 is 0 Å². The van der Waals surface area contributed by atoms with E-state index < -0.39 is 0 Å². The molecule has 1 heteroatoms. The summed E-state index contributed by atoms with van der Waals surface area (Å²) in [7, 11) is 0. The molecule has 0 atom stereocenters. The molecular weight excluding hydrogens is 170 g/mol. The zero-order chi connectivity index (χ0) is 9.80. The number of hydrogen-bond acceptors (Lipinski definition) is 1. The summed E-state index contributed by atoms with van der Waals surface area (Å²) in [6.45, 7) is 2.12. The summed E-state index contributed by atoms with van der Waals surface area (Å²) in [4.78, 5) is 4.37. The van der Waals surface area contributed by atoms with Gasteiger partial charge in [0.05, 0.1) is 0 Å². The Hall–Kier alpha value is -1.63. The van der Waals surface area contributed by atoms with Crippen molar-refractivity contribution >= 4 is 0 Å². The van der Waals surface area contributed by atoms with E-state index in [2.05, 4.69) is 36.2 Å². The predicted molar refractivity (Wildman–Crippen MR) is 59.1 cm³/mol. The van der Waals surface area contributed by atoms with Crippen LogP contribution in [0.1, 0.15) is 12.6 Å². The SMILES string of the molecule is CCc1ccc(-c2ccccc2)cn1. The van der Waals surface area contributed by atoms with Crippen molar-refractivity contribution in [2.45, 2.75) is 13.3 Å². The van der Waals surface area contributed by atoms with E-state index in [-0.39, 0.29) is 0 Å². The highest BCUT2D eigenvalue weighted by atomic mass is 14.7. The molecule has 0 unspecified atom stereocenters. The minimum atomic E-state index is 0.995. The molecule has 0 aliphatic heterocycles. The normalized spacial score (nSPS) is 10.1. The molecule has 0 aliphatic carbocycles. The van der Waals surface area contributed by atoms with Gasteiger partial charge in [-0.05, 0) is 18.1 Å². The molecule has 1 heterocycles. The van der Waals surface area contributed by atoms with Crippen molar-refractivity contribution in [3.8, 4) is 11.1 Å². The van der Waals surface area contributed by atoms with Gasteiger partial charge in [0.15, 0.2) is 0 Å². The van der Waals surface area contributed by atoms with Crippen LogP contribution in [0, 0.1) is 0 Å². The van der Waals surface area contributed by atoms with Crippen molar-refractivity contribution in [1.29, 1.82) is 0 Å². The molecule has 0 saturated carbocycles. The standard InChI is InChI=1S/C13H13N/c1-2-13-9-8-12(10-14-13)11-6-4-3-5-7-11/h3-10H,2H2,1H3. The van der Waals surface area contributed by atoms with Crippen molar-refractivity contribution in [2.75, 3.05) is 0 Å². The van der Waals surface area contributed by atoms with E-state index in [1.807, 2.05) is 24.4 Å². The van der Waals surface area contributed by atoms with Gasteiger partial charge in [0.25, 0.3) is 0 Å². The van der Waals surface area contributed by atoms with E-state index in [9.17, 15) is 0 Å². The second-order valence-electron chi connectivity index (χ2n) is 3.26. The average molecular weight is 183 g/mol. The Morgan fingerprint density at radius 2 is 1.71 bits per heavy atom. The smallest absolute Gasteiger partial charge is 0.0401 e. The Kier molecular flexibility index (Phi) is 2.59. The maximum atomic E-state index is 4.37. The lowest BCUT2D eigenvalue weighted by atomic mass is 10.1. The van der Waals surface area contributed by atoms with Gasteiger partial charge in [0.1, 0.15) is 0 Å². The fourth-order valence-electron chi connectivity index (χ4n) is 1.43. The first kappa shape index (κ1) is 8.95. The van der Waals surface area contributed by atoms with Crippen LogP contribution in [0.25, 0.3) is 11.1 Å². The zero-order valence-corrected chi connectivity index (χ0v) is 8.27. The summed E-state index contributed by atoms with van der Waals surface area (Å²) >= 11 is 0. The first-order chi connectivity index (χ1) is 6.90. The summed E-state index contributed by atoms with van der Waals surface area (Å²) in [6, 6.07) is 14.5. The molecule has 0 N–H and O–H groups in total. The third-order valence-corrected chi connectivity index (χ3v) is 2.29. The van der Waals surface area contributed by atoms with Crippen LogP contribution in [0.3, 0.4) is 0 Å². The maximum Gasteiger partial charge on any atom is 0.0401 e. The largest absolute Gasteiger partial charge is 0.261 e. The molecule has 14 heavy (non-hydrogen) atoms. The zero-order valence-electron chi connectivity index (χ0n) is 8.27. The van der Waals surface area contributed by atoms with E-state index >= 15 is 0 Å². The molecule has 2 aromatic rings. The van der Waals surface area contributed by atoms with Crippen LogP contribution in [-0.2, 0) is 6.42 Å². The number of pyridine rings is 1. The molecular formula is C13H13N. The monoisotopic (exact) mass is 183 g/mol.